The Morgan fingerprint density at radius 3 is 2.35 bits per heavy atom. The van der Waals surface area contributed by atoms with Gasteiger partial charge in [0.05, 0.1) is 11.5 Å². The summed E-state index contributed by atoms with van der Waals surface area (Å²) in [6.07, 6.45) is 0.924. The molecule has 0 aromatic heterocycles. The fraction of sp³-hybridized carbons (Fsp3) is 0.176. The van der Waals surface area contributed by atoms with Gasteiger partial charge < -0.3 is 4.90 Å². The Morgan fingerprint density at radius 1 is 1.15 bits per heavy atom. The second-order valence-corrected chi connectivity index (χ2v) is 4.27. The molecular formula is C17H18N2Y+. The van der Waals surface area contributed by atoms with Gasteiger partial charge in [0.25, 0.3) is 0 Å². The number of amidine groups is 1. The van der Waals surface area contributed by atoms with Gasteiger partial charge in [-0.2, -0.15) is 36.4 Å². The monoisotopic (exact) mass is 339 g/mol. The van der Waals surface area contributed by atoms with Crippen LogP contribution < -0.4 is 0 Å². The second kappa shape index (κ2) is 9.04. The van der Waals surface area contributed by atoms with Gasteiger partial charge in [-0.05, 0) is 18.2 Å². The topological polar surface area (TPSA) is 15.6 Å². The van der Waals surface area contributed by atoms with E-state index < -0.39 is 0 Å². The Hall–Kier alpha value is -0.986. The predicted molar refractivity (Wildman–Crippen MR) is 80.3 cm³/mol. The SMILES string of the molecule is [CH2-]N(CC)C1=Nc2ccccc2C1.[Y+3].[c-]1ccccc1. The fourth-order valence-corrected chi connectivity index (χ4v) is 1.83. The smallest absolute Gasteiger partial charge is 0.513 e. The summed E-state index contributed by atoms with van der Waals surface area (Å²) in [7, 11) is 3.92. The van der Waals surface area contributed by atoms with E-state index in [2.05, 4.69) is 37.2 Å². The molecule has 20 heavy (non-hydrogen) atoms. The first-order valence-corrected chi connectivity index (χ1v) is 6.46. The van der Waals surface area contributed by atoms with Gasteiger partial charge in [-0.1, -0.05) is 25.1 Å². The first kappa shape index (κ1) is 17.1. The van der Waals surface area contributed by atoms with Crippen LogP contribution in [0.2, 0.25) is 0 Å². The zero-order valence-corrected chi connectivity index (χ0v) is 14.6. The molecule has 0 saturated carbocycles. The molecule has 0 aliphatic carbocycles. The van der Waals surface area contributed by atoms with E-state index in [9.17, 15) is 0 Å². The normalized spacial score (nSPS) is 11.4. The zero-order valence-electron chi connectivity index (χ0n) is 11.8. The van der Waals surface area contributed by atoms with Crippen LogP contribution >= 0.6 is 0 Å². The third kappa shape index (κ3) is 4.84. The summed E-state index contributed by atoms with van der Waals surface area (Å²) in [5.41, 5.74) is 2.40. The van der Waals surface area contributed by atoms with Crippen molar-refractivity contribution in [3.8, 4) is 0 Å². The summed E-state index contributed by atoms with van der Waals surface area (Å²) in [5.74, 6) is 1.07. The van der Waals surface area contributed by atoms with E-state index in [1.165, 1.54) is 5.56 Å². The van der Waals surface area contributed by atoms with Crippen LogP contribution in [-0.2, 0) is 39.1 Å². The third-order valence-electron chi connectivity index (χ3n) is 2.94. The van der Waals surface area contributed by atoms with Crippen molar-refractivity contribution >= 4 is 11.5 Å². The van der Waals surface area contributed by atoms with Gasteiger partial charge in [-0.15, -0.1) is 0 Å². The summed E-state index contributed by atoms with van der Waals surface area (Å²) in [6.45, 7) is 2.99. The molecule has 1 aliphatic heterocycles. The average molecular weight is 339 g/mol. The molecule has 0 bridgehead atoms. The number of likely N-dealkylation sites (N-methyl/N-ethyl adjacent to an activating group) is 1. The van der Waals surface area contributed by atoms with Gasteiger partial charge in [-0.25, -0.2) is 4.99 Å². The molecule has 98 valence electrons. The second-order valence-electron chi connectivity index (χ2n) is 4.27. The van der Waals surface area contributed by atoms with Crippen LogP contribution in [0.3, 0.4) is 0 Å². The largest absolute Gasteiger partial charge is 3.00 e. The Kier molecular flexibility index (Phi) is 7.72. The number of rotatable bonds is 1. The molecule has 1 heterocycles. The average Bonchev–Trinajstić information content (AvgIpc) is 2.93. The van der Waals surface area contributed by atoms with E-state index in [1.54, 1.807) is 0 Å². The minimum Gasteiger partial charge on any atom is -0.513 e. The Morgan fingerprint density at radius 2 is 1.85 bits per heavy atom. The van der Waals surface area contributed by atoms with Gasteiger partial charge in [0.15, 0.2) is 0 Å². The molecule has 0 N–H and O–H groups in total. The number of aliphatic imine (C=N–C) groups is 1. The molecule has 2 aromatic rings. The maximum Gasteiger partial charge on any atom is 3.00 e. The van der Waals surface area contributed by atoms with Crippen LogP contribution in [0.25, 0.3) is 0 Å². The van der Waals surface area contributed by atoms with Crippen molar-refractivity contribution in [3.05, 3.63) is 73.3 Å². The molecule has 0 atom stereocenters. The Balaban J connectivity index is 0.000000243. The summed E-state index contributed by atoms with van der Waals surface area (Å²) in [4.78, 5) is 6.45. The summed E-state index contributed by atoms with van der Waals surface area (Å²) in [6, 6.07) is 20.7. The molecule has 0 radical (unpaired) electrons. The predicted octanol–water partition coefficient (Wildman–Crippen LogP) is 3.87. The first-order valence-electron chi connectivity index (χ1n) is 6.46. The van der Waals surface area contributed by atoms with E-state index >= 15 is 0 Å². The molecule has 0 spiro atoms. The summed E-state index contributed by atoms with van der Waals surface area (Å²) in [5, 5.41) is 0. The molecule has 2 aromatic carbocycles. The molecule has 2 nitrogen and oxygen atoms in total. The van der Waals surface area contributed by atoms with Crippen molar-refractivity contribution in [2.45, 2.75) is 13.3 Å². The van der Waals surface area contributed by atoms with Gasteiger partial charge in [0, 0.05) is 6.42 Å². The number of nitrogens with zero attached hydrogens (tertiary/aromatic N) is 2. The van der Waals surface area contributed by atoms with Crippen LogP contribution in [0.1, 0.15) is 12.5 Å². The molecule has 0 saturated heterocycles. The van der Waals surface area contributed by atoms with E-state index in [-0.39, 0.29) is 32.7 Å². The van der Waals surface area contributed by atoms with E-state index in [4.69, 9.17) is 0 Å². The van der Waals surface area contributed by atoms with Crippen molar-refractivity contribution in [2.24, 2.45) is 4.99 Å². The van der Waals surface area contributed by atoms with Crippen molar-refractivity contribution in [3.63, 3.8) is 0 Å². The number of hydrogen-bond donors (Lipinski definition) is 0. The van der Waals surface area contributed by atoms with E-state index in [1.807, 2.05) is 47.4 Å². The quantitative estimate of drug-likeness (QED) is 0.720. The van der Waals surface area contributed by atoms with Crippen molar-refractivity contribution in [1.82, 2.24) is 4.90 Å². The van der Waals surface area contributed by atoms with E-state index in [0.29, 0.717) is 0 Å². The number of fused-ring (bicyclic) bond motifs is 1. The van der Waals surface area contributed by atoms with Crippen LogP contribution in [0, 0.1) is 13.1 Å². The Labute approximate surface area is 146 Å². The van der Waals surface area contributed by atoms with Crippen molar-refractivity contribution < 1.29 is 32.7 Å². The van der Waals surface area contributed by atoms with Gasteiger partial charge in [0.1, 0.15) is 0 Å². The number of para-hydroxylation sites is 1. The van der Waals surface area contributed by atoms with Crippen molar-refractivity contribution in [1.29, 1.82) is 0 Å². The minimum atomic E-state index is 0. The van der Waals surface area contributed by atoms with Gasteiger partial charge >= 0.3 is 32.7 Å². The van der Waals surface area contributed by atoms with Gasteiger partial charge in [-0.3, -0.25) is 7.05 Å². The van der Waals surface area contributed by atoms with Crippen LogP contribution in [0.15, 0.2) is 59.6 Å². The first-order chi connectivity index (χ1) is 9.31. The third-order valence-corrected chi connectivity index (χ3v) is 2.94. The van der Waals surface area contributed by atoms with Crippen LogP contribution in [0.4, 0.5) is 5.69 Å². The maximum absolute atomic E-state index is 4.50. The molecule has 0 amide bonds. The van der Waals surface area contributed by atoms with Crippen LogP contribution in [-0.4, -0.2) is 17.3 Å². The van der Waals surface area contributed by atoms with Gasteiger partial charge in [0.2, 0.25) is 0 Å². The number of benzene rings is 2. The Bertz CT molecular complexity index is 511. The molecule has 1 aliphatic rings. The number of hydrogen-bond acceptors (Lipinski definition) is 2. The van der Waals surface area contributed by atoms with Crippen LogP contribution in [0.5, 0.6) is 0 Å². The fourth-order valence-electron chi connectivity index (χ4n) is 1.83. The molecule has 0 unspecified atom stereocenters. The summed E-state index contributed by atoms with van der Waals surface area (Å²) < 4.78 is 0. The molecule has 3 rings (SSSR count). The maximum atomic E-state index is 4.50. The summed E-state index contributed by atoms with van der Waals surface area (Å²) >= 11 is 0. The minimum absolute atomic E-state index is 0. The molecule has 3 heteroatoms. The van der Waals surface area contributed by atoms with Crippen molar-refractivity contribution in [2.75, 3.05) is 6.54 Å². The van der Waals surface area contributed by atoms with E-state index in [0.717, 1.165) is 24.5 Å². The zero-order chi connectivity index (χ0) is 13.5. The standard InChI is InChI=1S/C11H13N2.C6H5.Y/c1-3-13(2)11-8-9-6-4-5-7-10(9)12-11;1-2-4-6-5-3-1;/h4-7H,2-3,8H2,1H3;1-5H;/q2*-1;+3. The molecular weight excluding hydrogens is 321 g/mol. The molecule has 0 fully saturated rings.